The zero-order chi connectivity index (χ0) is 13.2. The lowest BCUT2D eigenvalue weighted by Crippen LogP contribution is -2.59. The molecule has 2 heterocycles. The Hall–Kier alpha value is -0.320. The lowest BCUT2D eigenvalue weighted by atomic mass is 9.87. The summed E-state index contributed by atoms with van der Waals surface area (Å²) in [6.45, 7) is 6.44. The van der Waals surface area contributed by atoms with Crippen molar-refractivity contribution in [2.45, 2.75) is 57.6 Å². The molecule has 2 unspecified atom stereocenters. The van der Waals surface area contributed by atoms with Gasteiger partial charge in [0.2, 0.25) is 5.91 Å². The van der Waals surface area contributed by atoms with Crippen LogP contribution in [-0.4, -0.2) is 47.2 Å². The highest BCUT2D eigenvalue weighted by Crippen LogP contribution is 2.26. The Labute approximate surface area is 122 Å². The Balaban J connectivity index is 0.00000180. The number of amides is 1. The minimum absolute atomic E-state index is 0. The normalized spacial score (nSPS) is 30.6. The number of nitrogens with zero attached hydrogens (tertiary/aromatic N) is 1. The maximum Gasteiger partial charge on any atom is 0.242 e. The highest BCUT2D eigenvalue weighted by atomic mass is 35.5. The van der Waals surface area contributed by atoms with Gasteiger partial charge < -0.3 is 15.3 Å². The van der Waals surface area contributed by atoms with E-state index in [0.717, 1.165) is 45.3 Å². The van der Waals surface area contributed by atoms with Gasteiger partial charge in [0.1, 0.15) is 0 Å². The van der Waals surface area contributed by atoms with E-state index >= 15 is 0 Å². The second kappa shape index (κ2) is 6.91. The fourth-order valence-electron chi connectivity index (χ4n) is 3.17. The van der Waals surface area contributed by atoms with E-state index in [-0.39, 0.29) is 30.0 Å². The molecule has 4 nitrogen and oxygen atoms in total. The largest absolute Gasteiger partial charge is 0.393 e. The summed E-state index contributed by atoms with van der Waals surface area (Å²) in [5, 5.41) is 13.0. The van der Waals surface area contributed by atoms with E-state index in [1.54, 1.807) is 0 Å². The molecular weight excluding hydrogens is 264 g/mol. The third-order valence-corrected chi connectivity index (χ3v) is 4.60. The molecule has 0 aliphatic carbocycles. The van der Waals surface area contributed by atoms with E-state index in [2.05, 4.69) is 5.32 Å². The molecule has 2 aliphatic rings. The van der Waals surface area contributed by atoms with Gasteiger partial charge in [0.15, 0.2) is 0 Å². The molecule has 0 bridgehead atoms. The zero-order valence-corrected chi connectivity index (χ0v) is 12.8. The van der Waals surface area contributed by atoms with Crippen LogP contribution in [0.25, 0.3) is 0 Å². The van der Waals surface area contributed by atoms with Crippen LogP contribution in [0.3, 0.4) is 0 Å². The Bertz CT molecular complexity index is 296. The van der Waals surface area contributed by atoms with Gasteiger partial charge in [0.05, 0.1) is 11.6 Å². The van der Waals surface area contributed by atoms with Crippen molar-refractivity contribution < 1.29 is 9.90 Å². The molecule has 0 radical (unpaired) electrons. The Kier molecular flexibility index (Phi) is 6.09. The minimum atomic E-state index is -0.351. The number of nitrogens with one attached hydrogen (secondary N) is 1. The quantitative estimate of drug-likeness (QED) is 0.811. The van der Waals surface area contributed by atoms with E-state index in [4.69, 9.17) is 0 Å². The molecule has 2 saturated heterocycles. The van der Waals surface area contributed by atoms with Crippen molar-refractivity contribution in [2.24, 2.45) is 5.92 Å². The van der Waals surface area contributed by atoms with Crippen molar-refractivity contribution >= 4 is 18.3 Å². The van der Waals surface area contributed by atoms with Gasteiger partial charge in [0, 0.05) is 13.1 Å². The molecule has 2 fully saturated rings. The molecule has 2 N–H and O–H groups in total. The highest BCUT2D eigenvalue weighted by molar-refractivity contribution is 5.86. The topological polar surface area (TPSA) is 52.6 Å². The first-order chi connectivity index (χ1) is 8.53. The molecule has 0 aromatic rings. The molecular formula is C14H27ClN2O2. The van der Waals surface area contributed by atoms with Crippen LogP contribution in [0.15, 0.2) is 0 Å². The maximum absolute atomic E-state index is 12.6. The molecule has 112 valence electrons. The molecule has 1 amide bonds. The van der Waals surface area contributed by atoms with E-state index < -0.39 is 0 Å². The average molecular weight is 291 g/mol. The molecule has 0 aromatic carbocycles. The third kappa shape index (κ3) is 3.83. The van der Waals surface area contributed by atoms with Gasteiger partial charge >= 0.3 is 0 Å². The first-order valence-electron chi connectivity index (χ1n) is 7.25. The van der Waals surface area contributed by atoms with Gasteiger partial charge in [-0.05, 0) is 58.4 Å². The zero-order valence-electron chi connectivity index (χ0n) is 12.0. The van der Waals surface area contributed by atoms with Crippen molar-refractivity contribution in [3.8, 4) is 0 Å². The summed E-state index contributed by atoms with van der Waals surface area (Å²) >= 11 is 0. The number of halogens is 1. The number of rotatable bonds is 2. The van der Waals surface area contributed by atoms with Gasteiger partial charge in [-0.25, -0.2) is 0 Å². The van der Waals surface area contributed by atoms with Crippen molar-refractivity contribution in [2.75, 3.05) is 19.6 Å². The van der Waals surface area contributed by atoms with E-state index in [0.29, 0.717) is 5.92 Å². The summed E-state index contributed by atoms with van der Waals surface area (Å²) in [6, 6.07) is 0. The molecule has 0 aromatic heterocycles. The summed E-state index contributed by atoms with van der Waals surface area (Å²) < 4.78 is 0. The number of carbonyl (C=O) groups is 1. The highest BCUT2D eigenvalue weighted by Gasteiger charge is 2.38. The fourth-order valence-corrected chi connectivity index (χ4v) is 3.17. The number of carbonyl (C=O) groups excluding carboxylic acids is 1. The van der Waals surface area contributed by atoms with Crippen LogP contribution in [0.1, 0.15) is 46.0 Å². The van der Waals surface area contributed by atoms with Crippen LogP contribution in [0.2, 0.25) is 0 Å². The van der Waals surface area contributed by atoms with Gasteiger partial charge in [-0.15, -0.1) is 12.4 Å². The van der Waals surface area contributed by atoms with Crippen LogP contribution < -0.4 is 5.32 Å². The molecule has 2 aliphatic heterocycles. The molecule has 5 heteroatoms. The minimum Gasteiger partial charge on any atom is -0.393 e. The first-order valence-corrected chi connectivity index (χ1v) is 7.25. The number of hydrogen-bond acceptors (Lipinski definition) is 3. The fraction of sp³-hybridized carbons (Fsp3) is 0.929. The van der Waals surface area contributed by atoms with E-state index in [9.17, 15) is 9.90 Å². The smallest absolute Gasteiger partial charge is 0.242 e. The SMILES string of the molecule is CC(O)C1CCN(C(=O)C2(C)CCCCN2)CC1.Cl. The molecule has 19 heavy (non-hydrogen) atoms. The number of likely N-dealkylation sites (tertiary alicyclic amines) is 1. The Morgan fingerprint density at radius 3 is 2.47 bits per heavy atom. The van der Waals surface area contributed by atoms with Gasteiger partial charge in [-0.1, -0.05) is 0 Å². The molecule has 2 rings (SSSR count). The van der Waals surface area contributed by atoms with Crippen LogP contribution in [0.4, 0.5) is 0 Å². The van der Waals surface area contributed by atoms with Crippen molar-refractivity contribution in [3.63, 3.8) is 0 Å². The van der Waals surface area contributed by atoms with Gasteiger partial charge in [-0.2, -0.15) is 0 Å². The summed E-state index contributed by atoms with van der Waals surface area (Å²) in [6.07, 6.45) is 4.87. The Morgan fingerprint density at radius 2 is 2.00 bits per heavy atom. The lowest BCUT2D eigenvalue weighted by Gasteiger charge is -2.41. The number of hydrogen-bond donors (Lipinski definition) is 2. The summed E-state index contributed by atoms with van der Waals surface area (Å²) in [7, 11) is 0. The second-order valence-corrected chi connectivity index (χ2v) is 6.09. The van der Waals surface area contributed by atoms with Crippen LogP contribution in [0, 0.1) is 5.92 Å². The average Bonchev–Trinajstić information content (AvgIpc) is 2.39. The Morgan fingerprint density at radius 1 is 1.37 bits per heavy atom. The first kappa shape index (κ1) is 16.7. The summed E-state index contributed by atoms with van der Waals surface area (Å²) in [4.78, 5) is 14.5. The van der Waals surface area contributed by atoms with Crippen LogP contribution in [0.5, 0.6) is 0 Å². The summed E-state index contributed by atoms with van der Waals surface area (Å²) in [5.74, 6) is 0.618. The third-order valence-electron chi connectivity index (χ3n) is 4.60. The molecule has 0 saturated carbocycles. The van der Waals surface area contributed by atoms with Crippen LogP contribution in [-0.2, 0) is 4.79 Å². The van der Waals surface area contributed by atoms with Crippen molar-refractivity contribution in [1.29, 1.82) is 0 Å². The van der Waals surface area contributed by atoms with Crippen molar-refractivity contribution in [1.82, 2.24) is 10.2 Å². The predicted molar refractivity (Wildman–Crippen MR) is 78.5 cm³/mol. The molecule has 0 spiro atoms. The van der Waals surface area contributed by atoms with E-state index in [1.807, 2.05) is 18.7 Å². The maximum atomic E-state index is 12.6. The van der Waals surface area contributed by atoms with E-state index in [1.165, 1.54) is 6.42 Å². The van der Waals surface area contributed by atoms with Gasteiger partial charge in [-0.3, -0.25) is 4.79 Å². The summed E-state index contributed by atoms with van der Waals surface area (Å²) in [5.41, 5.74) is -0.351. The van der Waals surface area contributed by atoms with Gasteiger partial charge in [0.25, 0.3) is 0 Å². The monoisotopic (exact) mass is 290 g/mol. The standard InChI is InChI=1S/C14H26N2O2.ClH/c1-11(17)12-5-9-16(10-6-12)13(18)14(2)7-3-4-8-15-14;/h11-12,15,17H,3-10H2,1-2H3;1H. The number of piperidine rings is 2. The number of aliphatic hydroxyl groups is 1. The van der Waals surface area contributed by atoms with Crippen LogP contribution >= 0.6 is 12.4 Å². The molecule has 2 atom stereocenters. The number of aliphatic hydroxyl groups excluding tert-OH is 1. The lowest BCUT2D eigenvalue weighted by molar-refractivity contribution is -0.140. The van der Waals surface area contributed by atoms with Crippen molar-refractivity contribution in [3.05, 3.63) is 0 Å². The predicted octanol–water partition coefficient (Wildman–Crippen LogP) is 1.56. The second-order valence-electron chi connectivity index (χ2n) is 6.09.